The van der Waals surface area contributed by atoms with Gasteiger partial charge in [-0.25, -0.2) is 14.3 Å². The largest absolute Gasteiger partial charge is 0.429 e. The predicted molar refractivity (Wildman–Crippen MR) is 154 cm³/mol. The van der Waals surface area contributed by atoms with Gasteiger partial charge >= 0.3 is 5.91 Å². The summed E-state index contributed by atoms with van der Waals surface area (Å²) in [6, 6.07) is 14.7. The van der Waals surface area contributed by atoms with Gasteiger partial charge in [0.2, 0.25) is 5.95 Å². The number of anilines is 1. The van der Waals surface area contributed by atoms with E-state index in [2.05, 4.69) is 26.6 Å². The zero-order chi connectivity index (χ0) is 27.1. The van der Waals surface area contributed by atoms with Crippen LogP contribution in [0.4, 0.5) is 5.95 Å². The van der Waals surface area contributed by atoms with Gasteiger partial charge in [0, 0.05) is 34.7 Å². The third-order valence-electron chi connectivity index (χ3n) is 6.43. The molecule has 4 aromatic rings. The van der Waals surface area contributed by atoms with Gasteiger partial charge in [0.05, 0.1) is 17.7 Å². The molecule has 0 aliphatic carbocycles. The maximum atomic E-state index is 13.8. The molecule has 1 aliphatic rings. The van der Waals surface area contributed by atoms with Crippen molar-refractivity contribution in [2.75, 3.05) is 12.4 Å². The van der Waals surface area contributed by atoms with Crippen LogP contribution in [0.5, 0.6) is 0 Å². The topological polar surface area (TPSA) is 96.1 Å². The summed E-state index contributed by atoms with van der Waals surface area (Å²) in [5.41, 5.74) is 2.86. The minimum absolute atomic E-state index is 0.0174. The highest BCUT2D eigenvalue weighted by atomic mass is 79.9. The van der Waals surface area contributed by atoms with Crippen LogP contribution in [0.1, 0.15) is 52.1 Å². The Labute approximate surface area is 232 Å². The van der Waals surface area contributed by atoms with Crippen molar-refractivity contribution in [1.82, 2.24) is 14.9 Å². The fraction of sp³-hybridized carbons (Fsp3) is 0.250. The number of carbonyl (C=O) groups is 2. The van der Waals surface area contributed by atoms with E-state index >= 15 is 0 Å². The third-order valence-corrected chi connectivity index (χ3v) is 8.03. The molecule has 2 N–H and O–H groups in total. The number of amides is 2. The monoisotopic (exact) mass is 592 g/mol. The molecule has 1 aliphatic heterocycles. The van der Waals surface area contributed by atoms with E-state index in [0.29, 0.717) is 39.8 Å². The van der Waals surface area contributed by atoms with E-state index in [-0.39, 0.29) is 30.0 Å². The van der Waals surface area contributed by atoms with Crippen molar-refractivity contribution in [1.29, 1.82) is 0 Å². The highest BCUT2D eigenvalue weighted by Crippen LogP contribution is 2.29. The number of nitrogens with zero attached hydrogens (tertiary/aromatic N) is 3. The van der Waals surface area contributed by atoms with Crippen LogP contribution in [-0.2, 0) is 13.0 Å². The van der Waals surface area contributed by atoms with Gasteiger partial charge in [-0.3, -0.25) is 9.59 Å². The average Bonchev–Trinajstić information content (AvgIpc) is 3.31. The van der Waals surface area contributed by atoms with Crippen LogP contribution in [-0.4, -0.2) is 44.7 Å². The van der Waals surface area contributed by atoms with Gasteiger partial charge in [-0.15, -0.1) is 11.3 Å². The summed E-state index contributed by atoms with van der Waals surface area (Å²) in [6.45, 7) is 6.04. The van der Waals surface area contributed by atoms with Crippen LogP contribution >= 0.6 is 27.3 Å². The Kier molecular flexibility index (Phi) is 7.02. The lowest BCUT2D eigenvalue weighted by Gasteiger charge is -2.21. The standard InChI is InChI=1S/C28H26BrN5O3S/c1-15(2)31-28-32-22-14-33(27(37)24-13-18-12-19(29)7-10-23(18)38-24)16(3)11-21(22)26(36)34(28)20-8-5-17(6-9-20)25(35)30-4/h5-10,12-13,15H,11,14H2,1-4H3,(H-,30,31,32,35,36)/p+1. The predicted octanol–water partition coefficient (Wildman–Crippen LogP) is 4.76. The molecule has 5 rings (SSSR count). The van der Waals surface area contributed by atoms with Crippen LogP contribution in [0.2, 0.25) is 0 Å². The van der Waals surface area contributed by atoms with Gasteiger partial charge in [0.1, 0.15) is 10.6 Å². The van der Waals surface area contributed by atoms with Crippen molar-refractivity contribution in [2.45, 2.75) is 39.8 Å². The van der Waals surface area contributed by atoms with E-state index in [1.165, 1.54) is 11.3 Å². The summed E-state index contributed by atoms with van der Waals surface area (Å²) < 4.78 is 5.26. The van der Waals surface area contributed by atoms with Crippen molar-refractivity contribution in [3.63, 3.8) is 0 Å². The van der Waals surface area contributed by atoms with E-state index < -0.39 is 0 Å². The molecule has 2 amide bonds. The average molecular weight is 594 g/mol. The Morgan fingerprint density at radius 2 is 1.87 bits per heavy atom. The van der Waals surface area contributed by atoms with Crippen molar-refractivity contribution in [3.05, 3.63) is 85.1 Å². The molecule has 0 saturated heterocycles. The summed E-state index contributed by atoms with van der Waals surface area (Å²) in [7, 11) is 1.57. The molecule has 3 heterocycles. The van der Waals surface area contributed by atoms with E-state index in [1.54, 1.807) is 40.5 Å². The van der Waals surface area contributed by atoms with Crippen LogP contribution in [0, 0.1) is 0 Å². The van der Waals surface area contributed by atoms with Gasteiger partial charge in [-0.05, 0) is 67.8 Å². The Morgan fingerprint density at radius 1 is 1.13 bits per heavy atom. The highest BCUT2D eigenvalue weighted by Gasteiger charge is 2.34. The lowest BCUT2D eigenvalue weighted by Crippen LogP contribution is -2.38. The molecule has 0 spiro atoms. The molecule has 38 heavy (non-hydrogen) atoms. The number of halogens is 1. The second-order valence-corrected chi connectivity index (χ2v) is 11.5. The summed E-state index contributed by atoms with van der Waals surface area (Å²) in [6.07, 6.45) is 0.321. The number of hydrogen-bond donors (Lipinski definition) is 2. The first kappa shape index (κ1) is 26.0. The molecule has 0 atom stereocenters. The van der Waals surface area contributed by atoms with Crippen molar-refractivity contribution < 1.29 is 14.2 Å². The Morgan fingerprint density at radius 3 is 2.55 bits per heavy atom. The summed E-state index contributed by atoms with van der Waals surface area (Å²) >= 11 is 4.95. The van der Waals surface area contributed by atoms with Crippen LogP contribution < -0.4 is 16.2 Å². The van der Waals surface area contributed by atoms with Crippen molar-refractivity contribution >= 4 is 60.8 Å². The van der Waals surface area contributed by atoms with Gasteiger partial charge in [0.15, 0.2) is 12.3 Å². The van der Waals surface area contributed by atoms with Crippen molar-refractivity contribution in [3.8, 4) is 5.69 Å². The first-order valence-corrected chi connectivity index (χ1v) is 13.8. The Hall–Kier alpha value is -3.63. The zero-order valence-electron chi connectivity index (χ0n) is 21.5. The van der Waals surface area contributed by atoms with E-state index in [0.717, 1.165) is 20.3 Å². The van der Waals surface area contributed by atoms with Crippen LogP contribution in [0.25, 0.3) is 15.8 Å². The maximum absolute atomic E-state index is 13.8. The quantitative estimate of drug-likeness (QED) is 0.326. The van der Waals surface area contributed by atoms with Gasteiger partial charge in [-0.2, -0.15) is 4.58 Å². The van der Waals surface area contributed by atoms with Crippen LogP contribution in [0.3, 0.4) is 0 Å². The van der Waals surface area contributed by atoms with E-state index in [4.69, 9.17) is 4.98 Å². The van der Waals surface area contributed by atoms with Crippen molar-refractivity contribution in [2.24, 2.45) is 0 Å². The molecular formula is C28H27BrN5O3S+. The highest BCUT2D eigenvalue weighted by molar-refractivity contribution is 9.10. The number of benzene rings is 2. The maximum Gasteiger partial charge on any atom is 0.429 e. The zero-order valence-corrected chi connectivity index (χ0v) is 23.9. The number of rotatable bonds is 5. The second kappa shape index (κ2) is 10.3. The smallest absolute Gasteiger partial charge is 0.355 e. The number of nitrogens with one attached hydrogen (secondary N) is 2. The van der Waals surface area contributed by atoms with Gasteiger partial charge in [0.25, 0.3) is 11.5 Å². The van der Waals surface area contributed by atoms with Gasteiger partial charge in [-0.1, -0.05) is 15.9 Å². The summed E-state index contributed by atoms with van der Waals surface area (Å²) in [4.78, 5) is 44.9. The molecule has 8 nitrogen and oxygen atoms in total. The number of fused-ring (bicyclic) bond motifs is 2. The molecule has 2 aromatic carbocycles. The first-order valence-electron chi connectivity index (χ1n) is 12.2. The number of carbonyl (C=O) groups excluding carboxylic acids is 2. The molecule has 0 saturated carbocycles. The lowest BCUT2D eigenvalue weighted by molar-refractivity contribution is -0.449. The number of aromatic nitrogens is 2. The minimum atomic E-state index is -0.200. The number of thiophene rings is 1. The van der Waals surface area contributed by atoms with E-state index in [9.17, 15) is 14.4 Å². The Balaban J connectivity index is 1.55. The normalized spacial score (nSPS) is 13.1. The summed E-state index contributed by atoms with van der Waals surface area (Å²) in [5.74, 6) is 0.101. The lowest BCUT2D eigenvalue weighted by atomic mass is 10.0. The molecular weight excluding hydrogens is 566 g/mol. The molecule has 2 aromatic heterocycles. The first-order chi connectivity index (χ1) is 18.2. The Bertz CT molecular complexity index is 1690. The van der Waals surface area contributed by atoms with Crippen LogP contribution in [0.15, 0.2) is 57.8 Å². The molecule has 194 valence electrons. The molecule has 0 bridgehead atoms. The molecule has 10 heteroatoms. The fourth-order valence-corrected chi connectivity index (χ4v) is 5.91. The van der Waals surface area contributed by atoms with E-state index in [1.807, 2.05) is 45.0 Å². The minimum Gasteiger partial charge on any atom is -0.355 e. The third kappa shape index (κ3) is 4.81. The molecule has 0 unspecified atom stereocenters. The SMILES string of the molecule is CNC(=O)c1ccc(-n2c(NC(C)C)nc3c(c2=O)CC(C)=[N+](C(=O)c2cc4cc(Br)ccc4s2)C3)cc1. The van der Waals surface area contributed by atoms with Gasteiger partial charge < -0.3 is 10.6 Å². The number of hydrogen-bond acceptors (Lipinski definition) is 6. The molecule has 0 fully saturated rings. The summed E-state index contributed by atoms with van der Waals surface area (Å²) in [5, 5.41) is 6.89. The molecule has 0 radical (unpaired) electrons. The fourth-order valence-electron chi connectivity index (χ4n) is 4.54. The second-order valence-electron chi connectivity index (χ2n) is 9.52.